The molecular formula is C50H74N11O11P. The number of non-ortho nitro benzene ring substituents is 1. The largest absolute Gasteiger partial charge is 0.494 e. The van der Waals surface area contributed by atoms with Crippen molar-refractivity contribution in [2.75, 3.05) is 91.5 Å². The molecule has 23 heteroatoms. The predicted octanol–water partition coefficient (Wildman–Crippen LogP) is 9.67. The van der Waals surface area contributed by atoms with Crippen LogP contribution in [0.3, 0.4) is 0 Å². The third-order valence-electron chi connectivity index (χ3n) is 10.6. The molecule has 0 heterocycles. The highest BCUT2D eigenvalue weighted by Gasteiger charge is 2.27. The molecule has 3 aromatic rings. The molecule has 400 valence electrons. The lowest BCUT2D eigenvalue weighted by atomic mass is 10.2. The van der Waals surface area contributed by atoms with Gasteiger partial charge in [-0.05, 0) is 90.3 Å². The van der Waals surface area contributed by atoms with Gasteiger partial charge in [0.25, 0.3) is 14.2 Å². The number of azo groups is 2. The maximum atomic E-state index is 12.5. The molecule has 0 aliphatic heterocycles. The fraction of sp³-hybridized carbons (Fsp3) is 0.560. The number of amides is 3. The maximum absolute atomic E-state index is 12.5. The first kappa shape index (κ1) is 61.1. The van der Waals surface area contributed by atoms with Crippen LogP contribution in [0.25, 0.3) is 0 Å². The maximum Gasteiger partial charge on any atom is 0.269 e. The van der Waals surface area contributed by atoms with Crippen molar-refractivity contribution in [1.29, 1.82) is 5.26 Å². The minimum absolute atomic E-state index is 0.0469. The number of benzene rings is 3. The second kappa shape index (κ2) is 35.8. The van der Waals surface area contributed by atoms with Crippen LogP contribution in [-0.2, 0) is 32.9 Å². The molecule has 0 aliphatic rings. The zero-order valence-electron chi connectivity index (χ0n) is 43.4. The highest BCUT2D eigenvalue weighted by Crippen LogP contribution is 2.46. The van der Waals surface area contributed by atoms with Crippen molar-refractivity contribution in [1.82, 2.24) is 20.6 Å². The minimum atomic E-state index is -1.24. The van der Waals surface area contributed by atoms with Gasteiger partial charge in [-0.2, -0.15) is 15.5 Å². The van der Waals surface area contributed by atoms with Gasteiger partial charge in [0, 0.05) is 81.2 Å². The zero-order valence-corrected chi connectivity index (χ0v) is 44.3. The number of methoxy groups -OCH3 is 2. The fourth-order valence-electron chi connectivity index (χ4n) is 6.99. The first-order chi connectivity index (χ1) is 35.3. The van der Waals surface area contributed by atoms with E-state index in [4.69, 9.17) is 33.3 Å². The minimum Gasteiger partial charge on any atom is -0.494 e. The van der Waals surface area contributed by atoms with Crippen LogP contribution in [0.5, 0.6) is 11.5 Å². The van der Waals surface area contributed by atoms with Gasteiger partial charge in [0.15, 0.2) is 0 Å². The van der Waals surface area contributed by atoms with E-state index in [1.165, 1.54) is 38.5 Å². The smallest absolute Gasteiger partial charge is 0.269 e. The van der Waals surface area contributed by atoms with Crippen LogP contribution in [0.4, 0.5) is 34.1 Å². The van der Waals surface area contributed by atoms with Crippen LogP contribution in [0, 0.1) is 21.4 Å². The highest BCUT2D eigenvalue weighted by atomic mass is 31.2. The Hall–Kier alpha value is -6.21. The standard InChI is InChI=1S/C50H74N11O11P/c1-8-59(42-20-16-40(17-21-42)55-57-44-35-47(68-7)45(36-46(44)67-6)58-56-41-18-22-43(23-19-41)61(65)66)28-13-15-48(62)53-26-31-69-33-34-70-32-27-54-50(64)37-49(63)52-25-11-9-10-12-29-71-73(72-30-14-24-51)60(38(2)3)39(4)5/h16-23,35-36,38-39H,8-15,25-34,37H2,1-7H3,(H,52,63)(H,53,62)(H,54,64). The summed E-state index contributed by atoms with van der Waals surface area (Å²) >= 11 is 0. The Balaban J connectivity index is 1.21. The lowest BCUT2D eigenvalue weighted by Gasteiger charge is -2.35. The molecule has 0 aliphatic carbocycles. The molecule has 0 fully saturated rings. The first-order valence-corrected chi connectivity index (χ1v) is 25.8. The van der Waals surface area contributed by atoms with Crippen molar-refractivity contribution in [3.8, 4) is 17.6 Å². The summed E-state index contributed by atoms with van der Waals surface area (Å²) in [7, 11) is 1.74. The van der Waals surface area contributed by atoms with Crippen molar-refractivity contribution in [3.05, 3.63) is 70.8 Å². The number of nitro groups is 1. The van der Waals surface area contributed by atoms with E-state index in [1.807, 2.05) is 31.2 Å². The van der Waals surface area contributed by atoms with Crippen LogP contribution < -0.4 is 30.3 Å². The van der Waals surface area contributed by atoms with Gasteiger partial charge >= 0.3 is 0 Å². The molecule has 3 aromatic carbocycles. The third kappa shape index (κ3) is 24.4. The van der Waals surface area contributed by atoms with Gasteiger partial charge < -0.3 is 48.8 Å². The van der Waals surface area contributed by atoms with Gasteiger partial charge in [-0.1, -0.05) is 12.8 Å². The number of nitrogens with one attached hydrogen (secondary N) is 3. The van der Waals surface area contributed by atoms with E-state index in [1.54, 1.807) is 12.1 Å². The lowest BCUT2D eigenvalue weighted by Crippen LogP contribution is -2.34. The normalized spacial score (nSPS) is 11.8. The predicted molar refractivity (Wildman–Crippen MR) is 279 cm³/mol. The number of carbonyl (C=O) groups excluding carboxylic acids is 3. The van der Waals surface area contributed by atoms with E-state index in [9.17, 15) is 24.5 Å². The number of anilines is 1. The average molecular weight is 1040 g/mol. The van der Waals surface area contributed by atoms with E-state index in [0.29, 0.717) is 106 Å². The zero-order chi connectivity index (χ0) is 53.2. The molecule has 0 radical (unpaired) electrons. The number of hydrogen-bond donors (Lipinski definition) is 3. The second-order valence-corrected chi connectivity index (χ2v) is 18.3. The SMILES string of the molecule is CCN(CCCC(=O)NCCOCCOCCNC(=O)CC(=O)NCCCCCCOP(OCCC#N)N(C(C)C)C(C)C)c1ccc(N=Nc2cc(OC)c(N=Nc3ccc([N+](=O)[O-])cc3)cc2OC)cc1. The molecule has 0 saturated carbocycles. The van der Waals surface area contributed by atoms with Crippen LogP contribution in [0.1, 0.15) is 86.0 Å². The summed E-state index contributed by atoms with van der Waals surface area (Å²) in [6.45, 7) is 15.2. The summed E-state index contributed by atoms with van der Waals surface area (Å²) in [5, 5.41) is 45.3. The Morgan fingerprint density at radius 1 is 0.685 bits per heavy atom. The second-order valence-electron chi connectivity index (χ2n) is 16.8. The van der Waals surface area contributed by atoms with Gasteiger partial charge in [0.2, 0.25) is 17.7 Å². The Morgan fingerprint density at radius 3 is 1.73 bits per heavy atom. The molecule has 3 N–H and O–H groups in total. The fourth-order valence-corrected chi connectivity index (χ4v) is 8.62. The quantitative estimate of drug-likeness (QED) is 0.0120. The molecule has 0 saturated heterocycles. The molecule has 3 amide bonds. The summed E-state index contributed by atoms with van der Waals surface area (Å²) in [5.41, 5.74) is 2.75. The van der Waals surface area contributed by atoms with E-state index in [0.717, 1.165) is 37.9 Å². The third-order valence-corrected chi connectivity index (χ3v) is 12.7. The Bertz CT molecular complexity index is 2200. The average Bonchev–Trinajstić information content (AvgIpc) is 3.37. The molecular weight excluding hydrogens is 962 g/mol. The van der Waals surface area contributed by atoms with Gasteiger partial charge in [0.05, 0.1) is 82.6 Å². The molecule has 0 spiro atoms. The van der Waals surface area contributed by atoms with Crippen LogP contribution in [0.15, 0.2) is 81.1 Å². The molecule has 0 bridgehead atoms. The monoisotopic (exact) mass is 1040 g/mol. The number of unbranched alkanes of at least 4 members (excludes halogenated alkanes) is 3. The van der Waals surface area contributed by atoms with Crippen LogP contribution >= 0.6 is 8.53 Å². The molecule has 22 nitrogen and oxygen atoms in total. The van der Waals surface area contributed by atoms with E-state index >= 15 is 0 Å². The number of ether oxygens (including phenoxy) is 4. The summed E-state index contributed by atoms with van der Waals surface area (Å²) < 4.78 is 36.3. The molecule has 1 unspecified atom stereocenters. The Labute approximate surface area is 430 Å². The first-order valence-electron chi connectivity index (χ1n) is 24.7. The summed E-state index contributed by atoms with van der Waals surface area (Å²) in [5.74, 6) is 0.00582. The number of nitrogens with zero attached hydrogens (tertiary/aromatic N) is 8. The van der Waals surface area contributed by atoms with E-state index in [-0.39, 0.29) is 55.1 Å². The number of nitriles is 1. The molecule has 73 heavy (non-hydrogen) atoms. The topological polar surface area (TPSA) is 266 Å². The summed E-state index contributed by atoms with van der Waals surface area (Å²) in [6, 6.07) is 19.1. The van der Waals surface area contributed by atoms with E-state index in [2.05, 4.69) is 79.7 Å². The van der Waals surface area contributed by atoms with E-state index < -0.39 is 13.4 Å². The Morgan fingerprint density at radius 2 is 1.21 bits per heavy atom. The highest BCUT2D eigenvalue weighted by molar-refractivity contribution is 7.44. The van der Waals surface area contributed by atoms with Crippen molar-refractivity contribution in [2.24, 2.45) is 20.5 Å². The summed E-state index contributed by atoms with van der Waals surface area (Å²) in [6.07, 6.45) is 4.59. The molecule has 3 rings (SSSR count). The lowest BCUT2D eigenvalue weighted by molar-refractivity contribution is -0.384. The molecule has 1 atom stereocenters. The van der Waals surface area contributed by atoms with Gasteiger partial charge in [-0.25, -0.2) is 4.67 Å². The number of rotatable bonds is 38. The Kier molecular flexibility index (Phi) is 30.0. The van der Waals surface area contributed by atoms with Crippen molar-refractivity contribution >= 4 is 60.4 Å². The number of nitro benzene ring substituents is 1. The van der Waals surface area contributed by atoms with Gasteiger partial charge in [0.1, 0.15) is 29.3 Å². The summed E-state index contributed by atoms with van der Waals surface area (Å²) in [4.78, 5) is 49.5. The van der Waals surface area contributed by atoms with Crippen molar-refractivity contribution in [3.63, 3.8) is 0 Å². The van der Waals surface area contributed by atoms with Gasteiger partial charge in [-0.3, -0.25) is 24.5 Å². The van der Waals surface area contributed by atoms with Crippen LogP contribution in [-0.4, -0.2) is 126 Å². The van der Waals surface area contributed by atoms with Gasteiger partial charge in [-0.15, -0.1) is 10.2 Å². The van der Waals surface area contributed by atoms with Crippen molar-refractivity contribution < 1.29 is 47.3 Å². The number of hydrogen-bond acceptors (Lipinski definition) is 18. The molecule has 0 aromatic heterocycles. The van der Waals surface area contributed by atoms with Crippen molar-refractivity contribution in [2.45, 2.75) is 98.1 Å². The van der Waals surface area contributed by atoms with Crippen LogP contribution in [0.2, 0.25) is 0 Å². The number of carbonyl (C=O) groups is 3.